The summed E-state index contributed by atoms with van der Waals surface area (Å²) in [5, 5.41) is 12.6. The van der Waals surface area contributed by atoms with Gasteiger partial charge in [0.1, 0.15) is 5.82 Å². The van der Waals surface area contributed by atoms with Crippen molar-refractivity contribution in [1.29, 1.82) is 0 Å². The Kier molecular flexibility index (Phi) is 6.99. The molecule has 2 N–H and O–H groups in total. The lowest BCUT2D eigenvalue weighted by atomic mass is 9.94. The van der Waals surface area contributed by atoms with Crippen LogP contribution in [0.3, 0.4) is 0 Å². The van der Waals surface area contributed by atoms with Gasteiger partial charge in [0, 0.05) is 19.1 Å². The number of amides is 1. The van der Waals surface area contributed by atoms with Crippen LogP contribution >= 0.6 is 0 Å². The highest BCUT2D eigenvalue weighted by atomic mass is 19.1. The van der Waals surface area contributed by atoms with Crippen LogP contribution in [0.15, 0.2) is 24.3 Å². The summed E-state index contributed by atoms with van der Waals surface area (Å²) in [5.41, 5.74) is 0.875. The van der Waals surface area contributed by atoms with Gasteiger partial charge in [-0.1, -0.05) is 31.4 Å². The Bertz CT molecular complexity index is 484. The molecule has 1 aliphatic rings. The molecule has 1 atom stereocenters. The van der Waals surface area contributed by atoms with E-state index in [0.717, 1.165) is 18.4 Å². The second-order valence-corrected chi connectivity index (χ2v) is 6.47. The van der Waals surface area contributed by atoms with Crippen molar-refractivity contribution in [2.75, 3.05) is 13.1 Å². The zero-order valence-corrected chi connectivity index (χ0v) is 13.8. The molecule has 1 aromatic carbocycles. The molecule has 128 valence electrons. The van der Waals surface area contributed by atoms with E-state index in [0.29, 0.717) is 25.7 Å². The van der Waals surface area contributed by atoms with Crippen LogP contribution < -0.4 is 5.32 Å². The fourth-order valence-electron chi connectivity index (χ4n) is 3.17. The summed E-state index contributed by atoms with van der Waals surface area (Å²) in [6, 6.07) is 6.51. The van der Waals surface area contributed by atoms with Crippen molar-refractivity contribution in [3.05, 3.63) is 35.6 Å². The zero-order valence-electron chi connectivity index (χ0n) is 13.8. The van der Waals surface area contributed by atoms with E-state index >= 15 is 0 Å². The summed E-state index contributed by atoms with van der Waals surface area (Å²) in [6.45, 7) is 2.98. The molecule has 1 aliphatic carbocycles. The van der Waals surface area contributed by atoms with Gasteiger partial charge in [-0.2, -0.15) is 0 Å². The first-order chi connectivity index (χ1) is 11.0. The van der Waals surface area contributed by atoms with Gasteiger partial charge < -0.3 is 10.4 Å². The average Bonchev–Trinajstić information content (AvgIpc) is 2.54. The van der Waals surface area contributed by atoms with E-state index in [4.69, 9.17) is 0 Å². The summed E-state index contributed by atoms with van der Waals surface area (Å²) in [4.78, 5) is 14.3. The number of hydrogen-bond donors (Lipinski definition) is 2. The SMILES string of the molecule is CC(O)CN(CC(=O)NCc1ccc(F)cc1)C1CCCCC1. The average molecular weight is 322 g/mol. The lowest BCUT2D eigenvalue weighted by Gasteiger charge is -2.34. The molecule has 1 amide bonds. The van der Waals surface area contributed by atoms with E-state index < -0.39 is 6.10 Å². The minimum atomic E-state index is -0.443. The zero-order chi connectivity index (χ0) is 16.7. The fraction of sp³-hybridized carbons (Fsp3) is 0.611. The number of aliphatic hydroxyl groups excluding tert-OH is 1. The van der Waals surface area contributed by atoms with Gasteiger partial charge in [-0.05, 0) is 37.5 Å². The van der Waals surface area contributed by atoms with E-state index in [1.165, 1.54) is 31.4 Å². The Hall–Kier alpha value is -1.46. The molecular weight excluding hydrogens is 295 g/mol. The minimum Gasteiger partial charge on any atom is -0.392 e. The van der Waals surface area contributed by atoms with Crippen LogP contribution in [0.25, 0.3) is 0 Å². The molecule has 1 unspecified atom stereocenters. The molecule has 4 nitrogen and oxygen atoms in total. The first-order valence-corrected chi connectivity index (χ1v) is 8.48. The van der Waals surface area contributed by atoms with Crippen LogP contribution in [0.1, 0.15) is 44.6 Å². The third-order valence-electron chi connectivity index (χ3n) is 4.34. The highest BCUT2D eigenvalue weighted by Crippen LogP contribution is 2.22. The minimum absolute atomic E-state index is 0.0550. The van der Waals surface area contributed by atoms with Gasteiger partial charge in [0.05, 0.1) is 12.6 Å². The van der Waals surface area contributed by atoms with Crippen LogP contribution in [-0.2, 0) is 11.3 Å². The highest BCUT2D eigenvalue weighted by molar-refractivity contribution is 5.78. The number of aliphatic hydroxyl groups is 1. The van der Waals surface area contributed by atoms with Gasteiger partial charge in [0.2, 0.25) is 5.91 Å². The summed E-state index contributed by atoms with van der Waals surface area (Å²) in [7, 11) is 0. The Morgan fingerprint density at radius 3 is 2.57 bits per heavy atom. The van der Waals surface area contributed by atoms with E-state index in [-0.39, 0.29) is 11.7 Å². The number of carbonyl (C=O) groups is 1. The quantitative estimate of drug-likeness (QED) is 0.811. The van der Waals surface area contributed by atoms with Crippen molar-refractivity contribution >= 4 is 5.91 Å². The van der Waals surface area contributed by atoms with Crippen LogP contribution in [-0.4, -0.2) is 41.1 Å². The Morgan fingerprint density at radius 2 is 1.96 bits per heavy atom. The summed E-state index contributed by atoms with van der Waals surface area (Å²) < 4.78 is 12.9. The Balaban J connectivity index is 1.84. The largest absolute Gasteiger partial charge is 0.392 e. The molecule has 23 heavy (non-hydrogen) atoms. The number of hydrogen-bond acceptors (Lipinski definition) is 3. The smallest absolute Gasteiger partial charge is 0.234 e. The van der Waals surface area contributed by atoms with E-state index in [1.54, 1.807) is 19.1 Å². The first-order valence-electron chi connectivity index (χ1n) is 8.48. The topological polar surface area (TPSA) is 52.6 Å². The predicted molar refractivity (Wildman–Crippen MR) is 88.4 cm³/mol. The van der Waals surface area contributed by atoms with Crippen molar-refractivity contribution in [2.45, 2.75) is 57.7 Å². The van der Waals surface area contributed by atoms with Gasteiger partial charge >= 0.3 is 0 Å². The van der Waals surface area contributed by atoms with Gasteiger partial charge in [-0.15, -0.1) is 0 Å². The van der Waals surface area contributed by atoms with Gasteiger partial charge in [0.15, 0.2) is 0 Å². The monoisotopic (exact) mass is 322 g/mol. The standard InChI is InChI=1S/C18H27FN2O2/c1-14(22)12-21(17-5-3-2-4-6-17)13-18(23)20-11-15-7-9-16(19)10-8-15/h7-10,14,17,22H,2-6,11-13H2,1H3,(H,20,23). The maximum absolute atomic E-state index is 12.9. The number of nitrogens with zero attached hydrogens (tertiary/aromatic N) is 1. The van der Waals surface area contributed by atoms with Gasteiger partial charge in [-0.25, -0.2) is 4.39 Å². The van der Waals surface area contributed by atoms with Crippen LogP contribution in [0, 0.1) is 5.82 Å². The molecule has 5 heteroatoms. The van der Waals surface area contributed by atoms with E-state index in [9.17, 15) is 14.3 Å². The van der Waals surface area contributed by atoms with Crippen molar-refractivity contribution in [1.82, 2.24) is 10.2 Å². The predicted octanol–water partition coefficient (Wildman–Crippen LogP) is 2.46. The summed E-state index contributed by atoms with van der Waals surface area (Å²) in [5.74, 6) is -0.332. The fourth-order valence-corrected chi connectivity index (χ4v) is 3.17. The Labute approximate surface area is 137 Å². The third-order valence-corrected chi connectivity index (χ3v) is 4.34. The molecule has 2 rings (SSSR count). The molecule has 1 aromatic rings. The molecule has 1 saturated carbocycles. The van der Waals surface area contributed by atoms with Crippen LogP contribution in [0.2, 0.25) is 0 Å². The van der Waals surface area contributed by atoms with Crippen LogP contribution in [0.5, 0.6) is 0 Å². The van der Waals surface area contributed by atoms with E-state index in [1.807, 2.05) is 0 Å². The molecule has 0 bridgehead atoms. The van der Waals surface area contributed by atoms with Crippen molar-refractivity contribution in [3.63, 3.8) is 0 Å². The first kappa shape index (κ1) is 17.9. The Morgan fingerprint density at radius 1 is 1.30 bits per heavy atom. The normalized spacial score (nSPS) is 17.2. The number of carbonyl (C=O) groups excluding carboxylic acids is 1. The summed E-state index contributed by atoms with van der Waals surface area (Å²) in [6.07, 6.45) is 5.39. The van der Waals surface area contributed by atoms with Crippen molar-refractivity contribution in [2.24, 2.45) is 0 Å². The number of halogens is 1. The molecular formula is C18H27FN2O2. The molecule has 0 saturated heterocycles. The lowest BCUT2D eigenvalue weighted by molar-refractivity contribution is -0.123. The molecule has 1 fully saturated rings. The second-order valence-electron chi connectivity index (χ2n) is 6.47. The highest BCUT2D eigenvalue weighted by Gasteiger charge is 2.23. The molecule has 0 radical (unpaired) electrons. The molecule has 0 heterocycles. The molecule has 0 aromatic heterocycles. The third kappa shape index (κ3) is 6.28. The number of rotatable bonds is 7. The van der Waals surface area contributed by atoms with Gasteiger partial charge in [-0.3, -0.25) is 9.69 Å². The number of benzene rings is 1. The lowest BCUT2D eigenvalue weighted by Crippen LogP contribution is -2.46. The van der Waals surface area contributed by atoms with Crippen molar-refractivity contribution in [3.8, 4) is 0 Å². The van der Waals surface area contributed by atoms with Gasteiger partial charge in [0.25, 0.3) is 0 Å². The van der Waals surface area contributed by atoms with Crippen molar-refractivity contribution < 1.29 is 14.3 Å². The maximum atomic E-state index is 12.9. The molecule has 0 spiro atoms. The molecule has 0 aliphatic heterocycles. The van der Waals surface area contributed by atoms with Crippen LogP contribution in [0.4, 0.5) is 4.39 Å². The maximum Gasteiger partial charge on any atom is 0.234 e. The van der Waals surface area contributed by atoms with E-state index in [2.05, 4.69) is 10.2 Å². The number of nitrogens with one attached hydrogen (secondary N) is 1. The summed E-state index contributed by atoms with van der Waals surface area (Å²) >= 11 is 0. The second kappa shape index (κ2) is 8.99.